The fourth-order valence-electron chi connectivity index (χ4n) is 1.58. The lowest BCUT2D eigenvalue weighted by Gasteiger charge is -2.06. The largest absolute Gasteiger partial charge is 0.310 e. The molecule has 8 nitrogen and oxygen atoms in total. The van der Waals surface area contributed by atoms with Crippen LogP contribution in [0.1, 0.15) is 30.1 Å². The van der Waals surface area contributed by atoms with Crippen molar-refractivity contribution in [1.29, 1.82) is 0 Å². The molecule has 0 unspecified atom stereocenters. The smallest absolute Gasteiger partial charge is 0.250 e. The van der Waals surface area contributed by atoms with Gasteiger partial charge in [-0.1, -0.05) is 19.1 Å². The maximum absolute atomic E-state index is 12.2. The number of nitrogens with zero attached hydrogens (tertiary/aromatic N) is 3. The van der Waals surface area contributed by atoms with E-state index in [1.54, 1.807) is 6.07 Å². The van der Waals surface area contributed by atoms with Gasteiger partial charge in [0.2, 0.25) is 10.0 Å². The van der Waals surface area contributed by atoms with Gasteiger partial charge in [0.25, 0.3) is 0 Å². The molecule has 0 aliphatic carbocycles. The second kappa shape index (κ2) is 6.60. The van der Waals surface area contributed by atoms with Crippen LogP contribution in [0.15, 0.2) is 10.3 Å². The molecule has 0 aliphatic rings. The first-order valence-corrected chi connectivity index (χ1v) is 8.73. The van der Waals surface area contributed by atoms with Crippen LogP contribution in [0.4, 0.5) is 0 Å². The molecule has 0 amide bonds. The monoisotopic (exact) mass is 330 g/mol. The number of aromatic nitrogens is 4. The van der Waals surface area contributed by atoms with Crippen molar-refractivity contribution in [3.63, 3.8) is 0 Å². The molecule has 0 spiro atoms. The Morgan fingerprint density at radius 1 is 1.38 bits per heavy atom. The summed E-state index contributed by atoms with van der Waals surface area (Å²) in [4.78, 5) is 1.02. The highest BCUT2D eigenvalue weighted by atomic mass is 32.2. The lowest BCUT2D eigenvalue weighted by Crippen LogP contribution is -2.23. The van der Waals surface area contributed by atoms with E-state index < -0.39 is 10.0 Å². The van der Waals surface area contributed by atoms with Gasteiger partial charge in [0.1, 0.15) is 4.21 Å². The van der Waals surface area contributed by atoms with Gasteiger partial charge in [0.15, 0.2) is 5.82 Å². The summed E-state index contributed by atoms with van der Waals surface area (Å²) in [6, 6.07) is 2.03. The number of tetrazole rings is 1. The zero-order chi connectivity index (χ0) is 15.5. The molecule has 116 valence electrons. The van der Waals surface area contributed by atoms with Crippen molar-refractivity contribution in [2.24, 2.45) is 0 Å². The topological polar surface area (TPSA) is 113 Å². The zero-order valence-corrected chi connectivity index (χ0v) is 13.7. The number of hydrogen-bond donors (Lipinski definition) is 3. The lowest BCUT2D eigenvalue weighted by molar-refractivity contribution is 0.581. The summed E-state index contributed by atoms with van der Waals surface area (Å²) < 4.78 is 27.2. The average Bonchev–Trinajstić information content (AvgIpc) is 3.04. The number of aromatic amines is 1. The molecule has 2 aromatic rings. The van der Waals surface area contributed by atoms with Crippen LogP contribution in [0.3, 0.4) is 0 Å². The minimum atomic E-state index is -3.56. The van der Waals surface area contributed by atoms with Gasteiger partial charge in [-0.15, -0.1) is 21.5 Å². The molecule has 21 heavy (non-hydrogen) atoms. The number of nitrogens with one attached hydrogen (secondary N) is 3. The Kier molecular flexibility index (Phi) is 5.04. The fraction of sp³-hybridized carbons (Fsp3) is 0.545. The number of aryl methyl sites for hydroxylation is 1. The first-order chi connectivity index (χ1) is 9.88. The molecule has 2 aromatic heterocycles. The third-order valence-corrected chi connectivity index (χ3v) is 5.86. The first-order valence-electron chi connectivity index (χ1n) is 6.43. The molecule has 0 bridgehead atoms. The summed E-state index contributed by atoms with van der Waals surface area (Å²) in [5.74, 6) is 0.300. The molecule has 0 aliphatic heterocycles. The van der Waals surface area contributed by atoms with E-state index in [0.29, 0.717) is 22.6 Å². The Morgan fingerprint density at radius 3 is 2.76 bits per heavy atom. The Morgan fingerprint density at radius 2 is 2.14 bits per heavy atom. The predicted octanol–water partition coefficient (Wildman–Crippen LogP) is 0.546. The Hall–Kier alpha value is -1.36. The van der Waals surface area contributed by atoms with Crippen molar-refractivity contribution in [2.45, 2.75) is 44.1 Å². The van der Waals surface area contributed by atoms with Crippen molar-refractivity contribution < 1.29 is 8.42 Å². The lowest BCUT2D eigenvalue weighted by atomic mass is 10.3. The van der Waals surface area contributed by atoms with Gasteiger partial charge in [0, 0.05) is 17.5 Å². The van der Waals surface area contributed by atoms with Gasteiger partial charge in [0.05, 0.1) is 6.54 Å². The summed E-state index contributed by atoms with van der Waals surface area (Å²) >= 11 is 1.27. The highest BCUT2D eigenvalue weighted by Gasteiger charge is 2.19. The van der Waals surface area contributed by atoms with Crippen molar-refractivity contribution in [3.8, 4) is 0 Å². The molecule has 0 aromatic carbocycles. The highest BCUT2D eigenvalue weighted by molar-refractivity contribution is 7.91. The molecule has 0 radical (unpaired) electrons. The van der Waals surface area contributed by atoms with E-state index in [1.165, 1.54) is 11.3 Å². The second-order valence-corrected chi connectivity index (χ2v) is 7.99. The van der Waals surface area contributed by atoms with E-state index >= 15 is 0 Å². The summed E-state index contributed by atoms with van der Waals surface area (Å²) in [7, 11) is -3.56. The fourth-order valence-corrected chi connectivity index (χ4v) is 4.15. The average molecular weight is 330 g/mol. The quantitative estimate of drug-likeness (QED) is 0.683. The third-order valence-electron chi connectivity index (χ3n) is 2.74. The van der Waals surface area contributed by atoms with Crippen LogP contribution in [0.25, 0.3) is 0 Å². The summed E-state index contributed by atoms with van der Waals surface area (Å²) in [6.07, 6.45) is 0. The van der Waals surface area contributed by atoms with Crippen LogP contribution in [0, 0.1) is 6.92 Å². The van der Waals surface area contributed by atoms with Crippen LogP contribution in [-0.2, 0) is 23.1 Å². The van der Waals surface area contributed by atoms with Crippen LogP contribution < -0.4 is 10.0 Å². The zero-order valence-electron chi connectivity index (χ0n) is 12.0. The van der Waals surface area contributed by atoms with Crippen molar-refractivity contribution in [2.75, 3.05) is 0 Å². The van der Waals surface area contributed by atoms with Crippen LogP contribution in [0.2, 0.25) is 0 Å². The summed E-state index contributed by atoms with van der Waals surface area (Å²) in [5, 5.41) is 16.3. The molecule has 0 atom stereocenters. The maximum atomic E-state index is 12.2. The molecule has 2 heterocycles. The number of sulfonamides is 1. The van der Waals surface area contributed by atoms with E-state index in [-0.39, 0.29) is 6.54 Å². The standard InChI is InChI=1S/C11H18N6O2S2/c1-7(2)12-5-9-8(3)4-11(20-9)21(18,19)13-6-10-14-16-17-15-10/h4,7,12-13H,5-6H2,1-3H3,(H,14,15,16,17). The minimum Gasteiger partial charge on any atom is -0.310 e. The van der Waals surface area contributed by atoms with Crippen LogP contribution in [0.5, 0.6) is 0 Å². The van der Waals surface area contributed by atoms with Gasteiger partial charge >= 0.3 is 0 Å². The van der Waals surface area contributed by atoms with E-state index in [2.05, 4.69) is 30.7 Å². The Bertz CT molecular complexity index is 678. The van der Waals surface area contributed by atoms with Gasteiger partial charge in [-0.05, 0) is 18.6 Å². The van der Waals surface area contributed by atoms with Gasteiger partial charge in [-0.3, -0.25) is 0 Å². The molecule has 2 rings (SSSR count). The molecule has 0 fully saturated rings. The normalized spacial score (nSPS) is 12.2. The van der Waals surface area contributed by atoms with Crippen LogP contribution in [-0.4, -0.2) is 35.1 Å². The van der Waals surface area contributed by atoms with E-state index in [4.69, 9.17) is 0 Å². The molecule has 0 saturated heterocycles. The minimum absolute atomic E-state index is 0.00928. The Labute approximate surface area is 127 Å². The molecular formula is C11H18N6O2S2. The van der Waals surface area contributed by atoms with Crippen LogP contribution >= 0.6 is 11.3 Å². The molecule has 0 saturated carbocycles. The summed E-state index contributed by atoms with van der Waals surface area (Å²) in [5.41, 5.74) is 0.966. The second-order valence-electron chi connectivity index (χ2n) is 4.86. The molecule has 10 heteroatoms. The Balaban J connectivity index is 2.07. The number of hydrogen-bond acceptors (Lipinski definition) is 7. The van der Waals surface area contributed by atoms with E-state index in [0.717, 1.165) is 10.4 Å². The number of rotatable bonds is 7. The maximum Gasteiger partial charge on any atom is 0.250 e. The SMILES string of the molecule is Cc1cc(S(=O)(=O)NCc2nn[nH]n2)sc1CNC(C)C. The third kappa shape index (κ3) is 4.30. The van der Waals surface area contributed by atoms with Crippen molar-refractivity contribution in [3.05, 3.63) is 22.3 Å². The molecule has 3 N–H and O–H groups in total. The molecular weight excluding hydrogens is 312 g/mol. The van der Waals surface area contributed by atoms with Gasteiger partial charge in [-0.2, -0.15) is 5.21 Å². The van der Waals surface area contributed by atoms with Crippen molar-refractivity contribution >= 4 is 21.4 Å². The highest BCUT2D eigenvalue weighted by Crippen LogP contribution is 2.26. The van der Waals surface area contributed by atoms with Gasteiger partial charge < -0.3 is 5.32 Å². The van der Waals surface area contributed by atoms with E-state index in [1.807, 2.05) is 20.8 Å². The van der Waals surface area contributed by atoms with Gasteiger partial charge in [-0.25, -0.2) is 13.1 Å². The number of H-pyrrole nitrogens is 1. The number of thiophene rings is 1. The first kappa shape index (κ1) is 16.0. The predicted molar refractivity (Wildman–Crippen MR) is 79.2 cm³/mol. The van der Waals surface area contributed by atoms with Crippen molar-refractivity contribution in [1.82, 2.24) is 30.7 Å². The summed E-state index contributed by atoms with van der Waals surface area (Å²) in [6.45, 7) is 6.68. The van der Waals surface area contributed by atoms with E-state index in [9.17, 15) is 8.42 Å².